The Bertz CT molecular complexity index is 163. The van der Waals surface area contributed by atoms with Crippen molar-refractivity contribution >= 4 is 9.84 Å². The first-order chi connectivity index (χ1) is 3.25. The molecule has 0 saturated heterocycles. The fourth-order valence-electron chi connectivity index (χ4n) is 0. The van der Waals surface area contributed by atoms with Crippen LogP contribution in [-0.4, -0.2) is 19.7 Å². The number of halogens is 1. The Hall–Kier alpha value is -0.120. The van der Waals surface area contributed by atoms with E-state index in [-0.39, 0.29) is 0 Å². The first-order valence-corrected chi connectivity index (χ1v) is 4.03. The Labute approximate surface area is 48.6 Å². The second-order valence-electron chi connectivity index (χ2n) is 2.14. The van der Waals surface area contributed by atoms with Crippen molar-refractivity contribution in [1.82, 2.24) is 0 Å². The third-order valence-electron chi connectivity index (χ3n) is 0.882. The molecule has 8 heavy (non-hydrogen) atoms. The number of rotatable bonds is 1. The molecule has 0 aliphatic carbocycles. The summed E-state index contributed by atoms with van der Waals surface area (Å²) in [4.78, 5) is 0. The van der Waals surface area contributed by atoms with E-state index in [2.05, 4.69) is 0 Å². The lowest BCUT2D eigenvalue weighted by molar-refractivity contribution is 0.321. The van der Waals surface area contributed by atoms with E-state index in [1.54, 1.807) is 0 Å². The van der Waals surface area contributed by atoms with Gasteiger partial charge in [-0.15, -0.1) is 0 Å². The lowest BCUT2D eigenvalue weighted by Gasteiger charge is -2.09. The van der Waals surface area contributed by atoms with Crippen molar-refractivity contribution in [3.05, 3.63) is 0 Å². The van der Waals surface area contributed by atoms with E-state index >= 15 is 0 Å². The van der Waals surface area contributed by atoms with E-state index in [1.165, 1.54) is 0 Å². The minimum Gasteiger partial charge on any atom is -0.227 e. The van der Waals surface area contributed by atoms with Gasteiger partial charge in [0.25, 0.3) is 0 Å². The van der Waals surface area contributed by atoms with E-state index in [0.29, 0.717) is 0 Å². The van der Waals surface area contributed by atoms with Gasteiger partial charge < -0.3 is 0 Å². The molecule has 50 valence electrons. The molecule has 0 atom stereocenters. The van der Waals surface area contributed by atoms with Crippen molar-refractivity contribution in [2.45, 2.75) is 18.8 Å². The van der Waals surface area contributed by atoms with Crippen LogP contribution < -0.4 is 0 Å². The van der Waals surface area contributed by atoms with Crippen molar-refractivity contribution in [2.24, 2.45) is 0 Å². The Morgan fingerprint density at radius 3 is 1.50 bits per heavy atom. The average molecular weight is 140 g/mol. The van der Waals surface area contributed by atoms with Crippen molar-refractivity contribution in [2.75, 3.05) is 6.26 Å². The first-order valence-electron chi connectivity index (χ1n) is 2.13. The molecule has 0 fully saturated rings. The molecule has 0 saturated carbocycles. The number of sulfone groups is 1. The van der Waals surface area contributed by atoms with Crippen molar-refractivity contribution in [3.63, 3.8) is 0 Å². The summed E-state index contributed by atoms with van der Waals surface area (Å²) < 4.78 is 32.9. The number of alkyl halides is 1. The van der Waals surface area contributed by atoms with Crippen molar-refractivity contribution in [1.29, 1.82) is 0 Å². The smallest absolute Gasteiger partial charge is 0.205 e. The summed E-state index contributed by atoms with van der Waals surface area (Å²) in [6, 6.07) is 0. The molecule has 0 unspecified atom stereocenters. The fraction of sp³-hybridized carbons (Fsp3) is 1.00. The maximum Gasteiger partial charge on any atom is 0.205 e. The van der Waals surface area contributed by atoms with E-state index in [4.69, 9.17) is 0 Å². The normalized spacial score (nSPS) is 14.0. The van der Waals surface area contributed by atoms with Gasteiger partial charge in [-0.1, -0.05) is 0 Å². The number of hydrogen-bond donors (Lipinski definition) is 0. The molecule has 4 heteroatoms. The van der Waals surface area contributed by atoms with Gasteiger partial charge in [-0.3, -0.25) is 0 Å². The Morgan fingerprint density at radius 1 is 1.38 bits per heavy atom. The molecule has 0 amide bonds. The van der Waals surface area contributed by atoms with Gasteiger partial charge in [-0.05, 0) is 13.8 Å². The molecule has 0 aromatic heterocycles. The standard InChI is InChI=1S/C4H9FO2S/c1-4(2,5)8(3,6)7/h1-3H3. The van der Waals surface area contributed by atoms with Crippen LogP contribution in [0.1, 0.15) is 13.8 Å². The highest BCUT2D eigenvalue weighted by atomic mass is 32.2. The summed E-state index contributed by atoms with van der Waals surface area (Å²) in [6.07, 6.45) is 0.868. The summed E-state index contributed by atoms with van der Waals surface area (Å²) in [5.41, 5.74) is 0. The molecule has 0 N–H and O–H groups in total. The molecule has 0 rings (SSSR count). The summed E-state index contributed by atoms with van der Waals surface area (Å²) in [5, 5.41) is -2.09. The molecule has 0 aromatic carbocycles. The van der Waals surface area contributed by atoms with Gasteiger partial charge in [-0.2, -0.15) is 0 Å². The predicted octanol–water partition coefficient (Wildman–Crippen LogP) is 0.737. The van der Waals surface area contributed by atoms with Crippen LogP contribution in [0, 0.1) is 0 Å². The maximum atomic E-state index is 12.3. The molecule has 0 aliphatic heterocycles. The molecule has 0 spiro atoms. The van der Waals surface area contributed by atoms with Gasteiger partial charge in [0.15, 0.2) is 9.84 Å². The second-order valence-corrected chi connectivity index (χ2v) is 4.65. The Morgan fingerprint density at radius 2 is 1.50 bits per heavy atom. The van der Waals surface area contributed by atoms with Crippen LogP contribution >= 0.6 is 0 Å². The van der Waals surface area contributed by atoms with Gasteiger partial charge in [-0.25, -0.2) is 12.8 Å². The quantitative estimate of drug-likeness (QED) is 0.538. The SMILES string of the molecule is CC(C)(F)S(C)(=O)=O. The largest absolute Gasteiger partial charge is 0.227 e. The van der Waals surface area contributed by atoms with Crippen LogP contribution in [0.25, 0.3) is 0 Å². The molecule has 0 heterocycles. The average Bonchev–Trinajstić information content (AvgIpc) is 1.25. The molecule has 0 radical (unpaired) electrons. The topological polar surface area (TPSA) is 34.1 Å². The van der Waals surface area contributed by atoms with Crippen molar-refractivity contribution < 1.29 is 12.8 Å². The highest BCUT2D eigenvalue weighted by Gasteiger charge is 2.28. The van der Waals surface area contributed by atoms with E-state index in [0.717, 1.165) is 20.1 Å². The third kappa shape index (κ3) is 1.78. The van der Waals surface area contributed by atoms with Crippen LogP contribution in [0.3, 0.4) is 0 Å². The molecule has 0 aromatic rings. The Kier molecular flexibility index (Phi) is 1.66. The minimum absolute atomic E-state index is 0.868. The monoisotopic (exact) mass is 140 g/mol. The molecular formula is C4H9FO2S. The van der Waals surface area contributed by atoms with Crippen LogP contribution in [0.15, 0.2) is 0 Å². The zero-order valence-corrected chi connectivity index (χ0v) is 5.92. The summed E-state index contributed by atoms with van der Waals surface area (Å²) in [5.74, 6) is 0. The zero-order chi connectivity index (χ0) is 7.00. The molecular weight excluding hydrogens is 131 g/mol. The van der Waals surface area contributed by atoms with Crippen LogP contribution in [0.5, 0.6) is 0 Å². The van der Waals surface area contributed by atoms with E-state index in [1.807, 2.05) is 0 Å². The fourth-order valence-corrected chi connectivity index (χ4v) is 0. The van der Waals surface area contributed by atoms with Gasteiger partial charge in [0.2, 0.25) is 5.00 Å². The molecule has 0 aliphatic rings. The van der Waals surface area contributed by atoms with Crippen molar-refractivity contribution in [3.8, 4) is 0 Å². The lowest BCUT2D eigenvalue weighted by atomic mass is 10.5. The number of hydrogen-bond acceptors (Lipinski definition) is 2. The minimum atomic E-state index is -3.51. The van der Waals surface area contributed by atoms with E-state index in [9.17, 15) is 12.8 Å². The van der Waals surface area contributed by atoms with Gasteiger partial charge >= 0.3 is 0 Å². The zero-order valence-electron chi connectivity index (χ0n) is 5.10. The first kappa shape index (κ1) is 7.88. The summed E-state index contributed by atoms with van der Waals surface area (Å²) >= 11 is 0. The Balaban J connectivity index is 4.53. The molecule has 2 nitrogen and oxygen atoms in total. The highest BCUT2D eigenvalue weighted by Crippen LogP contribution is 2.14. The lowest BCUT2D eigenvalue weighted by Crippen LogP contribution is -2.24. The van der Waals surface area contributed by atoms with E-state index < -0.39 is 14.8 Å². The second kappa shape index (κ2) is 1.69. The highest BCUT2D eigenvalue weighted by molar-refractivity contribution is 7.91. The van der Waals surface area contributed by atoms with Gasteiger partial charge in [0, 0.05) is 6.26 Å². The van der Waals surface area contributed by atoms with Gasteiger partial charge in [0.1, 0.15) is 0 Å². The van der Waals surface area contributed by atoms with Crippen LogP contribution in [0.2, 0.25) is 0 Å². The summed E-state index contributed by atoms with van der Waals surface area (Å²) in [7, 11) is -3.51. The van der Waals surface area contributed by atoms with Crippen LogP contribution in [0.4, 0.5) is 4.39 Å². The van der Waals surface area contributed by atoms with Crippen LogP contribution in [-0.2, 0) is 9.84 Å². The third-order valence-corrected chi connectivity index (χ3v) is 2.65. The molecule has 0 bridgehead atoms. The summed E-state index contributed by atoms with van der Waals surface area (Å²) in [6.45, 7) is 2.03. The maximum absolute atomic E-state index is 12.3. The van der Waals surface area contributed by atoms with Gasteiger partial charge in [0.05, 0.1) is 0 Å². The predicted molar refractivity (Wildman–Crippen MR) is 30.0 cm³/mol.